The van der Waals surface area contributed by atoms with Gasteiger partial charge in [0.1, 0.15) is 10.5 Å². The van der Waals surface area contributed by atoms with Crippen LogP contribution in [0.5, 0.6) is 11.5 Å². The van der Waals surface area contributed by atoms with Gasteiger partial charge in [0.25, 0.3) is 0 Å². The number of hydrogen-bond acceptors (Lipinski definition) is 9. The van der Waals surface area contributed by atoms with Gasteiger partial charge < -0.3 is 19.4 Å². The number of nitrogens with zero attached hydrogens (tertiary/aromatic N) is 3. The summed E-state index contributed by atoms with van der Waals surface area (Å²) in [6.07, 6.45) is -1.65. The molecule has 11 heteroatoms. The van der Waals surface area contributed by atoms with Gasteiger partial charge in [-0.1, -0.05) is 16.4 Å². The van der Waals surface area contributed by atoms with Crippen molar-refractivity contribution in [3.05, 3.63) is 11.1 Å². The van der Waals surface area contributed by atoms with Crippen LogP contribution in [0.25, 0.3) is 11.0 Å². The van der Waals surface area contributed by atoms with Gasteiger partial charge in [-0.25, -0.2) is 9.59 Å². The Hall–Kier alpha value is -2.72. The Morgan fingerprint density at radius 2 is 1.96 bits per heavy atom. The van der Waals surface area contributed by atoms with Crippen LogP contribution >= 0.6 is 11.6 Å². The fourth-order valence-electron chi connectivity index (χ4n) is 2.36. The smallest absolute Gasteiger partial charge is 0.344 e. The molecule has 0 amide bonds. The summed E-state index contributed by atoms with van der Waals surface area (Å²) >= 11 is 6.08. The van der Waals surface area contributed by atoms with E-state index in [1.54, 1.807) is 0 Å². The third kappa shape index (κ3) is 1.95. The first-order chi connectivity index (χ1) is 10.9. The number of halogens is 1. The van der Waals surface area contributed by atoms with E-state index in [2.05, 4.69) is 10.3 Å². The largest absolute Gasteiger partial charge is 0.425 e. The summed E-state index contributed by atoms with van der Waals surface area (Å²) in [5.74, 6) is -3.61. The fourth-order valence-corrected chi connectivity index (χ4v) is 2.58. The zero-order valence-electron chi connectivity index (χ0n) is 11.1. The second kappa shape index (κ2) is 4.40. The van der Waals surface area contributed by atoms with Crippen LogP contribution in [0.3, 0.4) is 0 Å². The van der Waals surface area contributed by atoms with E-state index in [1.165, 1.54) is 6.07 Å². The molecule has 1 atom stereocenters. The predicted octanol–water partition coefficient (Wildman–Crippen LogP) is -0.611. The van der Waals surface area contributed by atoms with Gasteiger partial charge in [0.2, 0.25) is 0 Å². The highest BCUT2D eigenvalue weighted by molar-refractivity contribution is 6.35. The van der Waals surface area contributed by atoms with E-state index in [1.807, 2.05) is 0 Å². The number of aromatic nitrogens is 3. The third-order valence-electron chi connectivity index (χ3n) is 3.43. The van der Waals surface area contributed by atoms with Crippen LogP contribution in [0.15, 0.2) is 6.07 Å². The molecule has 0 aliphatic carbocycles. The van der Waals surface area contributed by atoms with Gasteiger partial charge in [0, 0.05) is 6.07 Å². The fraction of sp³-hybridized carbons (Fsp3) is 0.250. The topological polar surface area (TPSA) is 130 Å². The van der Waals surface area contributed by atoms with E-state index in [9.17, 15) is 19.5 Å². The molecule has 0 saturated carbocycles. The minimum Gasteiger partial charge on any atom is -0.425 e. The second-order valence-electron chi connectivity index (χ2n) is 5.06. The van der Waals surface area contributed by atoms with Crippen molar-refractivity contribution in [3.63, 3.8) is 0 Å². The van der Waals surface area contributed by atoms with E-state index in [-0.39, 0.29) is 27.6 Å². The lowest BCUT2D eigenvalue weighted by molar-refractivity contribution is -0.169. The Labute approximate surface area is 131 Å². The molecule has 0 saturated heterocycles. The van der Waals surface area contributed by atoms with Crippen molar-refractivity contribution in [2.45, 2.75) is 18.4 Å². The molecule has 1 aromatic heterocycles. The second-order valence-corrected chi connectivity index (χ2v) is 5.44. The number of rotatable bonds is 0. The molecule has 1 N–H and O–H groups in total. The van der Waals surface area contributed by atoms with Gasteiger partial charge in [-0.2, -0.15) is 0 Å². The number of ether oxygens (including phenoxy) is 2. The lowest BCUT2D eigenvalue weighted by Crippen LogP contribution is -2.47. The maximum atomic E-state index is 12.3. The highest BCUT2D eigenvalue weighted by Crippen LogP contribution is 2.42. The van der Waals surface area contributed by atoms with Gasteiger partial charge in [0.05, 0.1) is 12.8 Å². The molecule has 10 nitrogen and oxygen atoms in total. The third-order valence-corrected chi connectivity index (χ3v) is 3.79. The first kappa shape index (κ1) is 13.9. The molecular formula is C12H6ClN3O7. The van der Waals surface area contributed by atoms with E-state index in [0.717, 1.165) is 4.85 Å². The molecule has 6 bridgehead atoms. The SMILES string of the molecule is O=C1CC2(O)CC(=O)On3nnc4c(c(Cl)c(cc43)O1)OC2=O. The molecule has 23 heavy (non-hydrogen) atoms. The number of carbonyl (C=O) groups excluding carboxylic acids is 3. The van der Waals surface area contributed by atoms with Crippen molar-refractivity contribution in [1.82, 2.24) is 15.2 Å². The van der Waals surface area contributed by atoms with Gasteiger partial charge in [0.15, 0.2) is 22.6 Å². The average Bonchev–Trinajstić information content (AvgIpc) is 2.83. The molecule has 1 unspecified atom stereocenters. The zero-order valence-corrected chi connectivity index (χ0v) is 11.9. The minimum absolute atomic E-state index is 0.00194. The predicted molar refractivity (Wildman–Crippen MR) is 69.6 cm³/mol. The highest BCUT2D eigenvalue weighted by atomic mass is 35.5. The van der Waals surface area contributed by atoms with Gasteiger partial charge in [-0.15, -0.1) is 5.10 Å². The van der Waals surface area contributed by atoms with Crippen LogP contribution in [0.4, 0.5) is 0 Å². The molecule has 2 aliphatic rings. The van der Waals surface area contributed by atoms with E-state index >= 15 is 0 Å². The minimum atomic E-state index is -2.46. The molecule has 2 aromatic rings. The normalized spacial score (nSPS) is 23.5. The summed E-state index contributed by atoms with van der Waals surface area (Å²) in [5, 5.41) is 17.5. The summed E-state index contributed by atoms with van der Waals surface area (Å²) in [5.41, 5.74) is -2.36. The Bertz CT molecular complexity index is 908. The molecule has 118 valence electrons. The monoisotopic (exact) mass is 339 g/mol. The lowest BCUT2D eigenvalue weighted by atomic mass is 9.95. The summed E-state index contributed by atoms with van der Waals surface area (Å²) in [7, 11) is 0. The van der Waals surface area contributed by atoms with Crippen molar-refractivity contribution >= 4 is 40.5 Å². The van der Waals surface area contributed by atoms with Crippen molar-refractivity contribution in [1.29, 1.82) is 0 Å². The molecular weight excluding hydrogens is 334 g/mol. The average molecular weight is 340 g/mol. The molecule has 3 heterocycles. The van der Waals surface area contributed by atoms with Gasteiger partial charge in [-0.05, 0) is 5.21 Å². The summed E-state index contributed by atoms with van der Waals surface area (Å²) in [6.45, 7) is 0. The number of benzene rings is 1. The summed E-state index contributed by atoms with van der Waals surface area (Å²) in [6, 6.07) is 1.26. The maximum absolute atomic E-state index is 12.3. The molecule has 0 fully saturated rings. The van der Waals surface area contributed by atoms with Crippen LogP contribution in [0.1, 0.15) is 12.8 Å². The van der Waals surface area contributed by atoms with Crippen LogP contribution in [-0.2, 0) is 14.4 Å². The Morgan fingerprint density at radius 1 is 1.22 bits per heavy atom. The van der Waals surface area contributed by atoms with Crippen LogP contribution < -0.4 is 14.3 Å². The number of hydrogen-bond donors (Lipinski definition) is 1. The number of carbonyl (C=O) groups is 3. The number of fused-ring (bicyclic) bond motifs is 3. The summed E-state index contributed by atoms with van der Waals surface area (Å²) in [4.78, 5) is 41.8. The number of aliphatic hydroxyl groups is 1. The van der Waals surface area contributed by atoms with Crippen molar-refractivity contribution in [2.24, 2.45) is 0 Å². The standard InChI is InChI=1S/C12H6ClN3O7/c13-8-5-1-4-9-10(8)22-11(19)12(20,2-6(17)21-5)3-7(18)23-16(4)15-14-9/h1,20H,2-3H2. The Balaban J connectivity index is 2.11. The first-order valence-electron chi connectivity index (χ1n) is 6.32. The maximum Gasteiger partial charge on any atom is 0.344 e. The molecule has 1 aromatic carbocycles. The zero-order chi connectivity index (χ0) is 16.4. The summed E-state index contributed by atoms with van der Waals surface area (Å²) < 4.78 is 10.1. The molecule has 4 rings (SSSR count). The molecule has 0 radical (unpaired) electrons. The van der Waals surface area contributed by atoms with Crippen molar-refractivity contribution in [2.75, 3.05) is 0 Å². The quantitative estimate of drug-likeness (QED) is 0.379. The first-order valence-corrected chi connectivity index (χ1v) is 6.69. The van der Waals surface area contributed by atoms with Crippen molar-refractivity contribution in [3.8, 4) is 11.5 Å². The van der Waals surface area contributed by atoms with Gasteiger partial charge in [-0.3, -0.25) is 4.79 Å². The van der Waals surface area contributed by atoms with Gasteiger partial charge >= 0.3 is 17.9 Å². The van der Waals surface area contributed by atoms with E-state index in [4.69, 9.17) is 25.9 Å². The lowest BCUT2D eigenvalue weighted by Gasteiger charge is -2.23. The van der Waals surface area contributed by atoms with Crippen LogP contribution in [0, 0.1) is 0 Å². The van der Waals surface area contributed by atoms with Crippen molar-refractivity contribution < 1.29 is 33.8 Å². The highest BCUT2D eigenvalue weighted by Gasteiger charge is 2.46. The van der Waals surface area contributed by atoms with E-state index < -0.39 is 36.4 Å². The molecule has 0 spiro atoms. The number of esters is 2. The van der Waals surface area contributed by atoms with Crippen LogP contribution in [0.2, 0.25) is 5.02 Å². The van der Waals surface area contributed by atoms with E-state index in [0.29, 0.717) is 0 Å². The van der Waals surface area contributed by atoms with Crippen LogP contribution in [-0.4, -0.2) is 43.8 Å². The molecule has 2 aliphatic heterocycles. The Kier molecular flexibility index (Phi) is 2.66. The Morgan fingerprint density at radius 3 is 2.74 bits per heavy atom.